The summed E-state index contributed by atoms with van der Waals surface area (Å²) in [5, 5.41) is 12.4. The van der Waals surface area contributed by atoms with Crippen LogP contribution in [0.25, 0.3) is 0 Å². The van der Waals surface area contributed by atoms with E-state index in [9.17, 15) is 9.59 Å². The number of carbonyl (C=O) groups excluding carboxylic acids is 1. The van der Waals surface area contributed by atoms with Crippen molar-refractivity contribution in [3.05, 3.63) is 15.6 Å². The number of aryl methyl sites for hydroxylation is 1. The number of nitrogens with one attached hydrogen (secondary N) is 1. The van der Waals surface area contributed by atoms with E-state index in [0.29, 0.717) is 16.6 Å². The fourth-order valence-electron chi connectivity index (χ4n) is 2.68. The average molecular weight is 311 g/mol. The van der Waals surface area contributed by atoms with Crippen molar-refractivity contribution in [1.82, 2.24) is 15.2 Å². The molecule has 1 aromatic rings. The van der Waals surface area contributed by atoms with Crippen molar-refractivity contribution in [1.29, 1.82) is 0 Å². The first-order valence-electron chi connectivity index (χ1n) is 7.16. The lowest BCUT2D eigenvalue weighted by atomic mass is 10.1. The maximum absolute atomic E-state index is 12.0. The molecule has 21 heavy (non-hydrogen) atoms. The van der Waals surface area contributed by atoms with Gasteiger partial charge in [-0.25, -0.2) is 14.6 Å². The van der Waals surface area contributed by atoms with E-state index in [-0.39, 0.29) is 17.5 Å². The molecule has 1 aromatic heterocycles. The van der Waals surface area contributed by atoms with Crippen LogP contribution in [0.4, 0.5) is 4.79 Å². The molecule has 0 spiro atoms. The van der Waals surface area contributed by atoms with E-state index in [1.54, 1.807) is 18.9 Å². The number of aromatic nitrogens is 1. The second kappa shape index (κ2) is 6.89. The molecule has 2 rings (SSSR count). The van der Waals surface area contributed by atoms with Gasteiger partial charge >= 0.3 is 12.0 Å². The molecule has 2 amide bonds. The van der Waals surface area contributed by atoms with Gasteiger partial charge in [-0.15, -0.1) is 11.3 Å². The van der Waals surface area contributed by atoms with Crippen molar-refractivity contribution < 1.29 is 14.7 Å². The van der Waals surface area contributed by atoms with Crippen LogP contribution in [0.2, 0.25) is 0 Å². The summed E-state index contributed by atoms with van der Waals surface area (Å²) in [5.41, 5.74) is 0.496. The summed E-state index contributed by atoms with van der Waals surface area (Å²) < 4.78 is 0. The third-order valence-electron chi connectivity index (χ3n) is 3.78. The maximum atomic E-state index is 12.0. The molecule has 1 aliphatic carbocycles. The molecule has 2 N–H and O–H groups in total. The summed E-state index contributed by atoms with van der Waals surface area (Å²) in [7, 11) is 1.80. The minimum absolute atomic E-state index is 0.133. The molecule has 1 aliphatic rings. The van der Waals surface area contributed by atoms with Crippen molar-refractivity contribution in [3.63, 3.8) is 0 Å². The van der Waals surface area contributed by atoms with Crippen LogP contribution in [0.5, 0.6) is 0 Å². The Morgan fingerprint density at radius 3 is 2.67 bits per heavy atom. The van der Waals surface area contributed by atoms with Crippen LogP contribution in [0, 0.1) is 12.8 Å². The van der Waals surface area contributed by atoms with Gasteiger partial charge < -0.3 is 15.3 Å². The van der Waals surface area contributed by atoms with E-state index in [2.05, 4.69) is 10.3 Å². The highest BCUT2D eigenvalue weighted by molar-refractivity contribution is 7.13. The van der Waals surface area contributed by atoms with Gasteiger partial charge in [0, 0.05) is 13.6 Å². The van der Waals surface area contributed by atoms with Crippen molar-refractivity contribution in [3.8, 4) is 0 Å². The zero-order valence-corrected chi connectivity index (χ0v) is 13.2. The number of nitrogens with zero attached hydrogens (tertiary/aromatic N) is 2. The normalized spacial score (nSPS) is 15.1. The molecule has 1 heterocycles. The summed E-state index contributed by atoms with van der Waals surface area (Å²) in [6.07, 6.45) is 4.92. The summed E-state index contributed by atoms with van der Waals surface area (Å²) >= 11 is 1.11. The number of urea groups is 1. The third-order valence-corrected chi connectivity index (χ3v) is 4.92. The molecular weight excluding hydrogens is 290 g/mol. The number of rotatable bonds is 5. The lowest BCUT2D eigenvalue weighted by molar-refractivity contribution is 0.0701. The predicted octanol–water partition coefficient (Wildman–Crippen LogP) is 2.48. The van der Waals surface area contributed by atoms with Crippen LogP contribution in [0.3, 0.4) is 0 Å². The Morgan fingerprint density at radius 2 is 2.10 bits per heavy atom. The number of carboxylic acids is 1. The fraction of sp³-hybridized carbons (Fsp3) is 0.643. The topological polar surface area (TPSA) is 82.5 Å². The molecular formula is C14H21N3O3S. The lowest BCUT2D eigenvalue weighted by Crippen LogP contribution is -2.39. The molecule has 0 unspecified atom stereocenters. The second-order valence-electron chi connectivity index (χ2n) is 5.52. The van der Waals surface area contributed by atoms with Gasteiger partial charge in [0.15, 0.2) is 0 Å². The Morgan fingerprint density at radius 1 is 1.43 bits per heavy atom. The Balaban J connectivity index is 1.82. The minimum Gasteiger partial charge on any atom is -0.477 e. The van der Waals surface area contributed by atoms with E-state index in [1.807, 2.05) is 0 Å². The molecule has 6 nitrogen and oxygen atoms in total. The Bertz CT molecular complexity index is 524. The number of carbonyl (C=O) groups is 2. The molecule has 1 fully saturated rings. The van der Waals surface area contributed by atoms with Crippen molar-refractivity contribution in [2.24, 2.45) is 5.92 Å². The van der Waals surface area contributed by atoms with Crippen molar-refractivity contribution >= 4 is 23.3 Å². The predicted molar refractivity (Wildman–Crippen MR) is 80.6 cm³/mol. The molecule has 116 valence electrons. The summed E-state index contributed by atoms with van der Waals surface area (Å²) in [4.78, 5) is 29.1. The van der Waals surface area contributed by atoms with Gasteiger partial charge in [-0.2, -0.15) is 0 Å². The number of amides is 2. The molecule has 0 saturated heterocycles. The Labute approximate surface area is 128 Å². The van der Waals surface area contributed by atoms with E-state index < -0.39 is 5.97 Å². The van der Waals surface area contributed by atoms with E-state index in [1.165, 1.54) is 25.7 Å². The van der Waals surface area contributed by atoms with Crippen molar-refractivity contribution in [2.75, 3.05) is 13.6 Å². The largest absolute Gasteiger partial charge is 0.477 e. The highest BCUT2D eigenvalue weighted by Gasteiger charge is 2.20. The van der Waals surface area contributed by atoms with Gasteiger partial charge in [-0.05, 0) is 25.7 Å². The monoisotopic (exact) mass is 311 g/mol. The standard InChI is InChI=1S/C14H21N3O3S/c1-9-12(13(18)19)21-11(16-9)7-15-14(20)17(2)8-10-5-3-4-6-10/h10H,3-8H2,1-2H3,(H,15,20)(H,18,19). The first-order chi connectivity index (χ1) is 9.97. The zero-order chi connectivity index (χ0) is 15.4. The van der Waals surface area contributed by atoms with Gasteiger partial charge in [-0.3, -0.25) is 0 Å². The summed E-state index contributed by atoms with van der Waals surface area (Å²) in [6, 6.07) is -0.133. The number of aromatic carboxylic acids is 1. The molecule has 0 atom stereocenters. The molecule has 7 heteroatoms. The van der Waals surface area contributed by atoms with Crippen LogP contribution >= 0.6 is 11.3 Å². The SMILES string of the molecule is Cc1nc(CNC(=O)N(C)CC2CCCC2)sc1C(=O)O. The number of hydrogen-bond donors (Lipinski definition) is 2. The Kier molecular flexibility index (Phi) is 5.17. The molecule has 0 bridgehead atoms. The van der Waals surface area contributed by atoms with Crippen LogP contribution < -0.4 is 5.32 Å². The van der Waals surface area contributed by atoms with E-state index in [4.69, 9.17) is 5.11 Å². The minimum atomic E-state index is -0.971. The fourth-order valence-corrected chi connectivity index (χ4v) is 3.52. The molecule has 0 radical (unpaired) electrons. The first kappa shape index (κ1) is 15.8. The average Bonchev–Trinajstić information content (AvgIpc) is 3.05. The van der Waals surface area contributed by atoms with Crippen LogP contribution in [-0.2, 0) is 6.54 Å². The first-order valence-corrected chi connectivity index (χ1v) is 7.97. The molecule has 0 aromatic carbocycles. The second-order valence-corrected chi connectivity index (χ2v) is 6.60. The molecule has 0 aliphatic heterocycles. The number of carboxylic acid groups (broad SMARTS) is 1. The summed E-state index contributed by atoms with van der Waals surface area (Å²) in [5.74, 6) is -0.359. The number of thiazole rings is 1. The van der Waals surface area contributed by atoms with Gasteiger partial charge in [0.25, 0.3) is 0 Å². The highest BCUT2D eigenvalue weighted by Crippen LogP contribution is 2.25. The zero-order valence-electron chi connectivity index (χ0n) is 12.4. The van der Waals surface area contributed by atoms with Crippen molar-refractivity contribution in [2.45, 2.75) is 39.2 Å². The van der Waals surface area contributed by atoms with Crippen LogP contribution in [0.1, 0.15) is 46.1 Å². The third kappa shape index (κ3) is 4.17. The number of hydrogen-bond acceptors (Lipinski definition) is 4. The van der Waals surface area contributed by atoms with E-state index in [0.717, 1.165) is 17.9 Å². The highest BCUT2D eigenvalue weighted by atomic mass is 32.1. The quantitative estimate of drug-likeness (QED) is 0.875. The van der Waals surface area contributed by atoms with Crippen LogP contribution in [0.15, 0.2) is 0 Å². The van der Waals surface area contributed by atoms with E-state index >= 15 is 0 Å². The summed E-state index contributed by atoms with van der Waals surface area (Å²) in [6.45, 7) is 2.72. The van der Waals surface area contributed by atoms with Gasteiger partial charge in [0.1, 0.15) is 9.88 Å². The Hall–Kier alpha value is -1.63. The van der Waals surface area contributed by atoms with Gasteiger partial charge in [-0.1, -0.05) is 12.8 Å². The lowest BCUT2D eigenvalue weighted by Gasteiger charge is -2.21. The van der Waals surface area contributed by atoms with Crippen LogP contribution in [-0.4, -0.2) is 40.6 Å². The maximum Gasteiger partial charge on any atom is 0.347 e. The smallest absolute Gasteiger partial charge is 0.347 e. The molecule has 1 saturated carbocycles. The van der Waals surface area contributed by atoms with Gasteiger partial charge in [0.05, 0.1) is 12.2 Å². The van der Waals surface area contributed by atoms with Gasteiger partial charge in [0.2, 0.25) is 0 Å².